The minimum absolute atomic E-state index is 0.134. The highest BCUT2D eigenvalue weighted by Gasteiger charge is 2.25. The van der Waals surface area contributed by atoms with Crippen LogP contribution in [0.1, 0.15) is 25.3 Å². The molecule has 2 rings (SSSR count). The Bertz CT molecular complexity index is 738. The van der Waals surface area contributed by atoms with E-state index in [1.54, 1.807) is 30.1 Å². The van der Waals surface area contributed by atoms with Crippen LogP contribution in [0.4, 0.5) is 23.0 Å². The maximum absolute atomic E-state index is 11.6. The highest BCUT2D eigenvalue weighted by atomic mass is 35.5. The number of halogens is 1. The Labute approximate surface area is 145 Å². The summed E-state index contributed by atoms with van der Waals surface area (Å²) in [7, 11) is 1.79. The van der Waals surface area contributed by atoms with Crippen LogP contribution < -0.4 is 10.2 Å². The van der Waals surface area contributed by atoms with Crippen LogP contribution >= 0.6 is 11.6 Å². The number of nitro groups is 1. The van der Waals surface area contributed by atoms with E-state index < -0.39 is 4.92 Å². The number of aromatic nitrogens is 2. The van der Waals surface area contributed by atoms with E-state index in [9.17, 15) is 10.1 Å². The Hall–Kier alpha value is -2.41. The molecule has 1 aromatic carbocycles. The topological polar surface area (TPSA) is 84.2 Å². The van der Waals surface area contributed by atoms with Crippen molar-refractivity contribution < 1.29 is 4.92 Å². The Balaban J connectivity index is 2.41. The second-order valence-electron chi connectivity index (χ2n) is 5.51. The molecule has 0 unspecified atom stereocenters. The maximum atomic E-state index is 11.6. The van der Waals surface area contributed by atoms with Crippen LogP contribution in [0.5, 0.6) is 0 Å². The summed E-state index contributed by atoms with van der Waals surface area (Å²) < 4.78 is 0. The van der Waals surface area contributed by atoms with Gasteiger partial charge in [-0.25, -0.2) is 9.97 Å². The van der Waals surface area contributed by atoms with Gasteiger partial charge in [-0.05, 0) is 37.1 Å². The van der Waals surface area contributed by atoms with Crippen LogP contribution in [0.25, 0.3) is 0 Å². The third-order valence-corrected chi connectivity index (χ3v) is 3.87. The van der Waals surface area contributed by atoms with E-state index in [0.29, 0.717) is 23.1 Å². The van der Waals surface area contributed by atoms with Crippen LogP contribution in [-0.4, -0.2) is 28.5 Å². The molecule has 0 saturated carbocycles. The first-order valence-corrected chi connectivity index (χ1v) is 8.05. The first kappa shape index (κ1) is 17.9. The van der Waals surface area contributed by atoms with Crippen LogP contribution in [0.3, 0.4) is 0 Å². The Morgan fingerprint density at radius 2 is 2.12 bits per heavy atom. The summed E-state index contributed by atoms with van der Waals surface area (Å²) in [5.41, 5.74) is 1.45. The largest absolute Gasteiger partial charge is 0.354 e. The second kappa shape index (κ2) is 7.92. The standard InChI is InChI=1S/C16H20ClN5O2/c1-4-5-8-21(3)16-14(22(23)24)15(18-10-19-16)20-13-7-6-12(17)9-11(13)2/h6-7,9-10H,4-5,8H2,1-3H3,(H,18,19,20). The molecule has 7 nitrogen and oxygen atoms in total. The number of hydrogen-bond donors (Lipinski definition) is 1. The molecule has 0 aliphatic heterocycles. The summed E-state index contributed by atoms with van der Waals surface area (Å²) in [4.78, 5) is 21.1. The molecule has 0 aliphatic rings. The van der Waals surface area contributed by atoms with Gasteiger partial charge in [0.15, 0.2) is 0 Å². The van der Waals surface area contributed by atoms with Crippen LogP contribution in [0.15, 0.2) is 24.5 Å². The van der Waals surface area contributed by atoms with Crippen molar-refractivity contribution in [2.45, 2.75) is 26.7 Å². The molecule has 0 aliphatic carbocycles. The molecule has 0 radical (unpaired) electrons. The van der Waals surface area contributed by atoms with Gasteiger partial charge >= 0.3 is 5.69 Å². The van der Waals surface area contributed by atoms with Crippen molar-refractivity contribution in [2.24, 2.45) is 0 Å². The average Bonchev–Trinajstić information content (AvgIpc) is 2.54. The molecule has 0 bridgehead atoms. The van der Waals surface area contributed by atoms with Gasteiger partial charge in [-0.3, -0.25) is 10.1 Å². The predicted molar refractivity (Wildman–Crippen MR) is 96.3 cm³/mol. The SMILES string of the molecule is CCCCN(C)c1ncnc(Nc2ccc(Cl)cc2C)c1[N+](=O)[O-]. The Morgan fingerprint density at radius 1 is 1.38 bits per heavy atom. The van der Waals surface area contributed by atoms with Gasteiger partial charge in [0, 0.05) is 24.3 Å². The summed E-state index contributed by atoms with van der Waals surface area (Å²) in [5, 5.41) is 15.2. The van der Waals surface area contributed by atoms with Crippen molar-refractivity contribution in [1.29, 1.82) is 0 Å². The van der Waals surface area contributed by atoms with E-state index in [4.69, 9.17) is 11.6 Å². The van der Waals surface area contributed by atoms with E-state index in [0.717, 1.165) is 18.4 Å². The molecule has 0 spiro atoms. The quantitative estimate of drug-likeness (QED) is 0.591. The summed E-state index contributed by atoms with van der Waals surface area (Å²) in [5.74, 6) is 0.469. The number of nitrogens with one attached hydrogen (secondary N) is 1. The lowest BCUT2D eigenvalue weighted by atomic mass is 10.2. The van der Waals surface area contributed by atoms with Crippen molar-refractivity contribution in [3.8, 4) is 0 Å². The lowest BCUT2D eigenvalue weighted by Crippen LogP contribution is -2.21. The lowest BCUT2D eigenvalue weighted by molar-refractivity contribution is -0.383. The molecule has 128 valence electrons. The third-order valence-electron chi connectivity index (χ3n) is 3.64. The zero-order chi connectivity index (χ0) is 17.7. The van der Waals surface area contributed by atoms with Crippen molar-refractivity contribution in [2.75, 3.05) is 23.8 Å². The van der Waals surface area contributed by atoms with Crippen molar-refractivity contribution in [3.05, 3.63) is 45.2 Å². The summed E-state index contributed by atoms with van der Waals surface area (Å²) in [6.45, 7) is 4.63. The molecular formula is C16H20ClN5O2. The first-order chi connectivity index (χ1) is 11.4. The monoisotopic (exact) mass is 349 g/mol. The molecule has 1 heterocycles. The van der Waals surface area contributed by atoms with Gasteiger partial charge in [0.25, 0.3) is 0 Å². The van der Waals surface area contributed by atoms with E-state index in [1.165, 1.54) is 6.33 Å². The second-order valence-corrected chi connectivity index (χ2v) is 5.95. The number of hydrogen-bond acceptors (Lipinski definition) is 6. The zero-order valence-corrected chi connectivity index (χ0v) is 14.7. The van der Waals surface area contributed by atoms with Crippen LogP contribution in [0.2, 0.25) is 5.02 Å². The van der Waals surface area contributed by atoms with Crippen molar-refractivity contribution >= 4 is 34.6 Å². The van der Waals surface area contributed by atoms with Crippen LogP contribution in [-0.2, 0) is 0 Å². The maximum Gasteiger partial charge on any atom is 0.353 e. The fourth-order valence-corrected chi connectivity index (χ4v) is 2.53. The molecule has 0 atom stereocenters. The minimum atomic E-state index is -0.453. The van der Waals surface area contributed by atoms with Gasteiger partial charge in [-0.15, -0.1) is 0 Å². The van der Waals surface area contributed by atoms with E-state index >= 15 is 0 Å². The van der Waals surface area contributed by atoms with E-state index in [-0.39, 0.29) is 11.5 Å². The van der Waals surface area contributed by atoms with Gasteiger partial charge < -0.3 is 10.2 Å². The smallest absolute Gasteiger partial charge is 0.353 e. The zero-order valence-electron chi connectivity index (χ0n) is 13.9. The van der Waals surface area contributed by atoms with Gasteiger partial charge in [0.05, 0.1) is 4.92 Å². The third kappa shape index (κ3) is 4.11. The molecule has 0 amide bonds. The number of nitrogens with zero attached hydrogens (tertiary/aromatic N) is 4. The molecule has 8 heteroatoms. The van der Waals surface area contributed by atoms with Gasteiger partial charge in [-0.1, -0.05) is 24.9 Å². The Kier molecular flexibility index (Phi) is 5.92. The number of anilines is 3. The van der Waals surface area contributed by atoms with E-state index in [2.05, 4.69) is 22.2 Å². The van der Waals surface area contributed by atoms with Crippen molar-refractivity contribution in [3.63, 3.8) is 0 Å². The number of rotatable bonds is 7. The summed E-state index contributed by atoms with van der Waals surface area (Å²) in [6.07, 6.45) is 3.26. The molecule has 1 N–H and O–H groups in total. The highest BCUT2D eigenvalue weighted by molar-refractivity contribution is 6.30. The predicted octanol–water partition coefficient (Wildman–Crippen LogP) is 4.33. The summed E-state index contributed by atoms with van der Waals surface area (Å²) in [6, 6.07) is 5.27. The molecule has 24 heavy (non-hydrogen) atoms. The first-order valence-electron chi connectivity index (χ1n) is 7.67. The van der Waals surface area contributed by atoms with Gasteiger partial charge in [-0.2, -0.15) is 0 Å². The number of aryl methyl sites for hydroxylation is 1. The highest BCUT2D eigenvalue weighted by Crippen LogP contribution is 2.34. The molecule has 0 fully saturated rings. The number of unbranched alkanes of at least 4 members (excludes halogenated alkanes) is 1. The van der Waals surface area contributed by atoms with Crippen LogP contribution in [0, 0.1) is 17.0 Å². The fraction of sp³-hybridized carbons (Fsp3) is 0.375. The molecule has 0 saturated heterocycles. The van der Waals surface area contributed by atoms with E-state index in [1.807, 2.05) is 6.92 Å². The fourth-order valence-electron chi connectivity index (χ4n) is 2.30. The summed E-state index contributed by atoms with van der Waals surface area (Å²) >= 11 is 5.95. The normalized spacial score (nSPS) is 10.5. The lowest BCUT2D eigenvalue weighted by Gasteiger charge is -2.18. The van der Waals surface area contributed by atoms with Crippen molar-refractivity contribution in [1.82, 2.24) is 9.97 Å². The van der Waals surface area contributed by atoms with Gasteiger partial charge in [0.1, 0.15) is 6.33 Å². The Morgan fingerprint density at radius 3 is 2.75 bits per heavy atom. The van der Waals surface area contributed by atoms with Gasteiger partial charge in [0.2, 0.25) is 11.6 Å². The molecule has 2 aromatic rings. The molecular weight excluding hydrogens is 330 g/mol. The number of benzene rings is 1. The minimum Gasteiger partial charge on any atom is -0.354 e. The average molecular weight is 350 g/mol. The molecule has 1 aromatic heterocycles.